The van der Waals surface area contributed by atoms with Crippen LogP contribution in [-0.4, -0.2) is 25.3 Å². The Morgan fingerprint density at radius 2 is 1.52 bits per heavy atom. The lowest BCUT2D eigenvalue weighted by Crippen LogP contribution is -2.32. The van der Waals surface area contributed by atoms with Crippen LogP contribution in [0.4, 0.5) is 24.5 Å². The maximum atomic E-state index is 13.4. The highest BCUT2D eigenvalue weighted by molar-refractivity contribution is 6.46. The van der Waals surface area contributed by atoms with Gasteiger partial charge in [0.1, 0.15) is 17.2 Å². The molecule has 4 rings (SSSR count). The van der Waals surface area contributed by atoms with Crippen molar-refractivity contribution in [1.29, 1.82) is 0 Å². The van der Waals surface area contributed by atoms with Crippen molar-refractivity contribution in [2.45, 2.75) is 6.36 Å². The summed E-state index contributed by atoms with van der Waals surface area (Å²) in [6.07, 6.45) is -4.91. The molecule has 1 N–H and O–H groups in total. The number of methoxy groups -OCH3 is 1. The fourth-order valence-electron chi connectivity index (χ4n) is 3.42. The minimum atomic E-state index is -4.91. The van der Waals surface area contributed by atoms with Crippen LogP contribution in [0.2, 0.25) is 0 Å². The Labute approximate surface area is 186 Å². The summed E-state index contributed by atoms with van der Waals surface area (Å²) in [4.78, 5) is 27.5. The van der Waals surface area contributed by atoms with Crippen molar-refractivity contribution >= 4 is 28.8 Å². The number of ether oxygens (including phenoxy) is 2. The summed E-state index contributed by atoms with van der Waals surface area (Å²) in [6, 6.07) is 20.0. The molecule has 0 unspecified atom stereocenters. The number of amides is 2. The van der Waals surface area contributed by atoms with E-state index in [1.54, 1.807) is 54.6 Å². The first kappa shape index (κ1) is 21.9. The molecule has 0 atom stereocenters. The van der Waals surface area contributed by atoms with Gasteiger partial charge < -0.3 is 14.8 Å². The average molecular weight is 454 g/mol. The van der Waals surface area contributed by atoms with Gasteiger partial charge in [-0.15, -0.1) is 13.2 Å². The third-order valence-corrected chi connectivity index (χ3v) is 4.79. The number of carbonyl (C=O) groups excluding carboxylic acids is 2. The van der Waals surface area contributed by atoms with Gasteiger partial charge in [0.25, 0.3) is 11.8 Å². The maximum absolute atomic E-state index is 13.4. The first-order valence-electron chi connectivity index (χ1n) is 9.72. The van der Waals surface area contributed by atoms with E-state index in [9.17, 15) is 22.8 Å². The smallest absolute Gasteiger partial charge is 0.497 e. The van der Waals surface area contributed by atoms with Crippen molar-refractivity contribution < 1.29 is 32.2 Å². The molecule has 0 bridgehead atoms. The molecule has 0 saturated heterocycles. The Kier molecular flexibility index (Phi) is 5.78. The van der Waals surface area contributed by atoms with Crippen LogP contribution in [0.1, 0.15) is 5.56 Å². The largest absolute Gasteiger partial charge is 0.573 e. The van der Waals surface area contributed by atoms with Crippen molar-refractivity contribution in [3.8, 4) is 11.5 Å². The van der Waals surface area contributed by atoms with E-state index in [2.05, 4.69) is 10.1 Å². The van der Waals surface area contributed by atoms with Crippen molar-refractivity contribution in [3.63, 3.8) is 0 Å². The Balaban J connectivity index is 1.76. The fourth-order valence-corrected chi connectivity index (χ4v) is 3.42. The van der Waals surface area contributed by atoms with Gasteiger partial charge in [0.2, 0.25) is 0 Å². The van der Waals surface area contributed by atoms with Crippen LogP contribution in [0.15, 0.2) is 84.6 Å². The topological polar surface area (TPSA) is 67.9 Å². The van der Waals surface area contributed by atoms with E-state index in [0.717, 1.165) is 17.0 Å². The zero-order valence-electron chi connectivity index (χ0n) is 17.2. The lowest BCUT2D eigenvalue weighted by Gasteiger charge is -2.17. The van der Waals surface area contributed by atoms with Crippen molar-refractivity contribution in [3.05, 3.63) is 90.1 Å². The molecule has 1 heterocycles. The number of hydrogen-bond donors (Lipinski definition) is 1. The second kappa shape index (κ2) is 8.70. The predicted molar refractivity (Wildman–Crippen MR) is 116 cm³/mol. The highest BCUT2D eigenvalue weighted by Crippen LogP contribution is 2.36. The molecule has 0 saturated carbocycles. The van der Waals surface area contributed by atoms with Gasteiger partial charge in [-0.25, -0.2) is 4.90 Å². The van der Waals surface area contributed by atoms with E-state index in [4.69, 9.17) is 4.74 Å². The zero-order chi connectivity index (χ0) is 23.6. The van der Waals surface area contributed by atoms with Gasteiger partial charge in [0, 0.05) is 17.8 Å². The summed E-state index contributed by atoms with van der Waals surface area (Å²) in [5, 5.41) is 2.97. The summed E-state index contributed by atoms with van der Waals surface area (Å²) in [6.45, 7) is 0. The number of alkyl halides is 3. The minimum absolute atomic E-state index is 0.0124. The molecule has 0 radical (unpaired) electrons. The Morgan fingerprint density at radius 3 is 2.21 bits per heavy atom. The van der Waals surface area contributed by atoms with Crippen LogP contribution in [0.5, 0.6) is 11.5 Å². The van der Waals surface area contributed by atoms with Crippen molar-refractivity contribution in [2.75, 3.05) is 17.3 Å². The van der Waals surface area contributed by atoms with Gasteiger partial charge in [0.05, 0.1) is 18.4 Å². The number of hydrogen-bond acceptors (Lipinski definition) is 5. The quantitative estimate of drug-likeness (QED) is 0.532. The van der Waals surface area contributed by atoms with Gasteiger partial charge in [-0.3, -0.25) is 9.59 Å². The molecule has 168 valence electrons. The monoisotopic (exact) mass is 454 g/mol. The lowest BCUT2D eigenvalue weighted by atomic mass is 10.0. The van der Waals surface area contributed by atoms with Crippen molar-refractivity contribution in [2.24, 2.45) is 0 Å². The number of nitrogens with one attached hydrogen (secondary N) is 1. The summed E-state index contributed by atoms with van der Waals surface area (Å²) < 4.78 is 47.1. The molecule has 33 heavy (non-hydrogen) atoms. The fraction of sp³-hybridized carbons (Fsp3) is 0.0833. The SMILES string of the molecule is COc1cccc(NC2=C(c3ccccc3)C(=O)N(c3cccc(OC(F)(F)F)c3)C2=O)c1. The van der Waals surface area contributed by atoms with E-state index >= 15 is 0 Å². The molecule has 0 fully saturated rings. The number of nitrogens with zero attached hydrogens (tertiary/aromatic N) is 1. The molecule has 6 nitrogen and oxygen atoms in total. The normalized spacial score (nSPS) is 14.0. The molecule has 0 spiro atoms. The van der Waals surface area contributed by atoms with E-state index in [1.165, 1.54) is 19.2 Å². The van der Waals surface area contributed by atoms with E-state index in [-0.39, 0.29) is 17.0 Å². The highest BCUT2D eigenvalue weighted by Gasteiger charge is 2.40. The Hall–Kier alpha value is -4.27. The van der Waals surface area contributed by atoms with Gasteiger partial charge in [0.15, 0.2) is 0 Å². The Bertz CT molecular complexity index is 1240. The molecule has 0 aliphatic carbocycles. The molecule has 0 aromatic heterocycles. The molecular weight excluding hydrogens is 437 g/mol. The molecule has 1 aliphatic heterocycles. The first-order valence-corrected chi connectivity index (χ1v) is 9.72. The predicted octanol–water partition coefficient (Wildman–Crippen LogP) is 4.99. The number of imide groups is 1. The van der Waals surface area contributed by atoms with E-state index in [1.807, 2.05) is 0 Å². The molecule has 9 heteroatoms. The van der Waals surface area contributed by atoms with E-state index in [0.29, 0.717) is 17.0 Å². The summed E-state index contributed by atoms with van der Waals surface area (Å²) in [5.41, 5.74) is 0.996. The third-order valence-electron chi connectivity index (χ3n) is 4.79. The zero-order valence-corrected chi connectivity index (χ0v) is 17.2. The number of rotatable bonds is 6. The number of carbonyl (C=O) groups is 2. The summed E-state index contributed by atoms with van der Waals surface area (Å²) in [5.74, 6) is -1.41. The van der Waals surface area contributed by atoms with Crippen LogP contribution >= 0.6 is 0 Å². The molecular formula is C24H17F3N2O4. The summed E-state index contributed by atoms with van der Waals surface area (Å²) >= 11 is 0. The van der Waals surface area contributed by atoms with Crippen LogP contribution in [0.3, 0.4) is 0 Å². The molecule has 1 aliphatic rings. The van der Waals surface area contributed by atoms with Gasteiger partial charge in [-0.05, 0) is 29.8 Å². The number of benzene rings is 3. The summed E-state index contributed by atoms with van der Waals surface area (Å²) in [7, 11) is 1.50. The standard InChI is InChI=1S/C24H17F3N2O4/c1-32-18-11-5-9-16(13-18)28-21-20(15-7-3-2-4-8-15)22(30)29(23(21)31)17-10-6-12-19(14-17)33-24(25,26)27/h2-14,28H,1H3. The number of halogens is 3. The maximum Gasteiger partial charge on any atom is 0.573 e. The van der Waals surface area contributed by atoms with Crippen molar-refractivity contribution in [1.82, 2.24) is 0 Å². The molecule has 3 aromatic rings. The minimum Gasteiger partial charge on any atom is -0.497 e. The molecule has 2 amide bonds. The molecule has 3 aromatic carbocycles. The highest BCUT2D eigenvalue weighted by atomic mass is 19.4. The van der Waals surface area contributed by atoms with Crippen LogP contribution < -0.4 is 19.7 Å². The average Bonchev–Trinajstić information content (AvgIpc) is 3.02. The van der Waals surface area contributed by atoms with Gasteiger partial charge in [-0.2, -0.15) is 0 Å². The Morgan fingerprint density at radius 1 is 0.818 bits per heavy atom. The van der Waals surface area contributed by atoms with E-state index < -0.39 is 23.9 Å². The lowest BCUT2D eigenvalue weighted by molar-refractivity contribution is -0.274. The second-order valence-electron chi connectivity index (χ2n) is 6.96. The van der Waals surface area contributed by atoms with Crippen LogP contribution in [0.25, 0.3) is 5.57 Å². The van der Waals surface area contributed by atoms with Crippen LogP contribution in [-0.2, 0) is 9.59 Å². The van der Waals surface area contributed by atoms with Crippen LogP contribution in [0, 0.1) is 0 Å². The van der Waals surface area contributed by atoms with Gasteiger partial charge >= 0.3 is 6.36 Å². The first-order chi connectivity index (χ1) is 15.8. The second-order valence-corrected chi connectivity index (χ2v) is 6.96. The van der Waals surface area contributed by atoms with Gasteiger partial charge in [-0.1, -0.05) is 42.5 Å². The number of anilines is 2. The third kappa shape index (κ3) is 4.67.